The molecule has 1 unspecified atom stereocenters. The maximum absolute atomic E-state index is 12.3. The van der Waals surface area contributed by atoms with Crippen LogP contribution in [0.15, 0.2) is 40.6 Å². The van der Waals surface area contributed by atoms with Crippen molar-refractivity contribution >= 4 is 33.2 Å². The fourth-order valence-electron chi connectivity index (χ4n) is 2.03. The number of thiophene rings is 1. The molecule has 0 fully saturated rings. The van der Waals surface area contributed by atoms with Crippen molar-refractivity contribution in [2.45, 2.75) is 24.5 Å². The minimum atomic E-state index is -4.00. The van der Waals surface area contributed by atoms with E-state index in [2.05, 4.69) is 5.32 Å². The number of carbonyl (C=O) groups excluding carboxylic acids is 2. The van der Waals surface area contributed by atoms with Gasteiger partial charge in [0.2, 0.25) is 10.0 Å². The van der Waals surface area contributed by atoms with E-state index in [1.54, 1.807) is 0 Å². The van der Waals surface area contributed by atoms with E-state index in [0.717, 1.165) is 10.9 Å². The number of nitrogens with one attached hydrogen (secondary N) is 1. The number of hydrogen-bond donors (Lipinski definition) is 2. The van der Waals surface area contributed by atoms with Crippen LogP contribution < -0.4 is 15.2 Å². The van der Waals surface area contributed by atoms with Gasteiger partial charge in [-0.3, -0.25) is 4.79 Å². The topological polar surface area (TPSA) is 125 Å². The smallest absolute Gasteiger partial charge is 0.342 e. The average molecular weight is 398 g/mol. The van der Waals surface area contributed by atoms with Crippen LogP contribution in [0.1, 0.15) is 22.2 Å². The van der Waals surface area contributed by atoms with Crippen molar-refractivity contribution in [1.82, 2.24) is 5.32 Å². The maximum atomic E-state index is 12.3. The average Bonchev–Trinajstić information content (AvgIpc) is 3.11. The minimum Gasteiger partial charge on any atom is -0.496 e. The number of hydrogen-bond acceptors (Lipinski definition) is 7. The van der Waals surface area contributed by atoms with Crippen LogP contribution in [0.25, 0.3) is 0 Å². The van der Waals surface area contributed by atoms with Crippen LogP contribution in [-0.2, 0) is 26.1 Å². The zero-order chi connectivity index (χ0) is 19.3. The Morgan fingerprint density at radius 3 is 2.62 bits per heavy atom. The molecule has 10 heteroatoms. The highest BCUT2D eigenvalue weighted by Crippen LogP contribution is 2.23. The summed E-state index contributed by atoms with van der Waals surface area (Å²) in [5.74, 6) is -1.27. The van der Waals surface area contributed by atoms with E-state index < -0.39 is 28.0 Å². The standard InChI is InChI=1S/C16H18N2O6S2/c1-10(15(19)18-9-11-4-3-7-25-11)24-16(20)13-8-12(26(17,21)22)5-6-14(13)23-2/h3-8,10H,9H2,1-2H3,(H,18,19)(H2,17,21,22). The number of ether oxygens (including phenoxy) is 2. The van der Waals surface area contributed by atoms with Gasteiger partial charge in [0, 0.05) is 4.88 Å². The number of sulfonamides is 1. The van der Waals surface area contributed by atoms with E-state index in [1.165, 1.54) is 37.5 Å². The highest BCUT2D eigenvalue weighted by molar-refractivity contribution is 7.89. The summed E-state index contributed by atoms with van der Waals surface area (Å²) in [5.41, 5.74) is -0.142. The zero-order valence-corrected chi connectivity index (χ0v) is 15.7. The summed E-state index contributed by atoms with van der Waals surface area (Å²) in [6.07, 6.45) is -1.08. The first kappa shape index (κ1) is 19.9. The summed E-state index contributed by atoms with van der Waals surface area (Å²) < 4.78 is 33.1. The number of nitrogens with two attached hydrogens (primary N) is 1. The predicted molar refractivity (Wildman–Crippen MR) is 95.4 cm³/mol. The summed E-state index contributed by atoms with van der Waals surface area (Å²) >= 11 is 1.49. The molecule has 1 amide bonds. The van der Waals surface area contributed by atoms with Gasteiger partial charge in [0.25, 0.3) is 5.91 Å². The third kappa shape index (κ3) is 5.04. The molecule has 3 N–H and O–H groups in total. The van der Waals surface area contributed by atoms with Crippen LogP contribution >= 0.6 is 11.3 Å². The van der Waals surface area contributed by atoms with Crippen molar-refractivity contribution in [2.75, 3.05) is 7.11 Å². The van der Waals surface area contributed by atoms with Crippen molar-refractivity contribution in [3.05, 3.63) is 46.2 Å². The summed E-state index contributed by atoms with van der Waals surface area (Å²) in [7, 11) is -2.68. The molecular formula is C16H18N2O6S2. The third-order valence-corrected chi connectivity index (χ3v) is 5.18. The van der Waals surface area contributed by atoms with Crippen molar-refractivity contribution in [1.29, 1.82) is 0 Å². The molecule has 1 aromatic heterocycles. The molecule has 8 nitrogen and oxygen atoms in total. The normalized spacial score (nSPS) is 12.3. The van der Waals surface area contributed by atoms with Gasteiger partial charge in [0.1, 0.15) is 11.3 Å². The Hall–Kier alpha value is -2.43. The first-order valence-electron chi connectivity index (χ1n) is 7.44. The van der Waals surface area contributed by atoms with Gasteiger partial charge in [-0.15, -0.1) is 11.3 Å². The number of amides is 1. The van der Waals surface area contributed by atoms with Crippen molar-refractivity contribution in [3.8, 4) is 5.75 Å². The van der Waals surface area contributed by atoms with Crippen molar-refractivity contribution in [3.63, 3.8) is 0 Å². The van der Waals surface area contributed by atoms with Crippen molar-refractivity contribution < 1.29 is 27.5 Å². The number of methoxy groups -OCH3 is 1. The Labute approximate surface area is 155 Å². The Balaban J connectivity index is 2.09. The molecular weight excluding hydrogens is 380 g/mol. The molecule has 0 aliphatic carbocycles. The second-order valence-electron chi connectivity index (χ2n) is 5.25. The molecule has 140 valence electrons. The van der Waals surface area contributed by atoms with Crippen LogP contribution in [0, 0.1) is 0 Å². The van der Waals surface area contributed by atoms with E-state index in [-0.39, 0.29) is 16.2 Å². The Bertz CT molecular complexity index is 893. The Morgan fingerprint density at radius 2 is 2.04 bits per heavy atom. The molecule has 26 heavy (non-hydrogen) atoms. The lowest BCUT2D eigenvalue weighted by molar-refractivity contribution is -0.129. The van der Waals surface area contributed by atoms with E-state index in [9.17, 15) is 18.0 Å². The van der Waals surface area contributed by atoms with Gasteiger partial charge in [-0.05, 0) is 36.6 Å². The van der Waals surface area contributed by atoms with Gasteiger partial charge in [0.15, 0.2) is 6.10 Å². The summed E-state index contributed by atoms with van der Waals surface area (Å²) in [4.78, 5) is 25.1. The molecule has 0 radical (unpaired) electrons. The van der Waals surface area contributed by atoms with E-state index in [1.807, 2.05) is 17.5 Å². The first-order valence-corrected chi connectivity index (χ1v) is 9.87. The zero-order valence-electron chi connectivity index (χ0n) is 14.1. The van der Waals surface area contributed by atoms with Gasteiger partial charge in [-0.2, -0.15) is 0 Å². The lowest BCUT2D eigenvalue weighted by atomic mass is 10.2. The van der Waals surface area contributed by atoms with Crippen LogP contribution in [-0.4, -0.2) is 33.5 Å². The predicted octanol–water partition coefficient (Wildman–Crippen LogP) is 1.27. The SMILES string of the molecule is COc1ccc(S(N)(=O)=O)cc1C(=O)OC(C)C(=O)NCc1cccs1. The van der Waals surface area contributed by atoms with Crippen LogP contribution in [0.3, 0.4) is 0 Å². The molecule has 1 aromatic carbocycles. The number of rotatable bonds is 7. The molecule has 0 spiro atoms. The highest BCUT2D eigenvalue weighted by Gasteiger charge is 2.23. The molecule has 0 aliphatic heterocycles. The fraction of sp³-hybridized carbons (Fsp3) is 0.250. The maximum Gasteiger partial charge on any atom is 0.342 e. The van der Waals surface area contributed by atoms with Gasteiger partial charge in [-0.1, -0.05) is 6.07 Å². The number of benzene rings is 1. The summed E-state index contributed by atoms with van der Waals surface area (Å²) in [6, 6.07) is 7.28. The minimum absolute atomic E-state index is 0.105. The monoisotopic (exact) mass is 398 g/mol. The summed E-state index contributed by atoms with van der Waals surface area (Å²) in [6.45, 7) is 1.74. The number of carbonyl (C=O) groups is 2. The van der Waals surface area contributed by atoms with E-state index >= 15 is 0 Å². The lowest BCUT2D eigenvalue weighted by Crippen LogP contribution is -2.35. The van der Waals surface area contributed by atoms with Crippen LogP contribution in [0.4, 0.5) is 0 Å². The Morgan fingerprint density at radius 1 is 1.31 bits per heavy atom. The van der Waals surface area contributed by atoms with Gasteiger partial charge in [-0.25, -0.2) is 18.4 Å². The molecule has 0 bridgehead atoms. The number of primary sulfonamides is 1. The molecule has 0 saturated carbocycles. The molecule has 1 atom stereocenters. The van der Waals surface area contributed by atoms with Gasteiger partial charge >= 0.3 is 5.97 Å². The second kappa shape index (κ2) is 8.30. The molecule has 1 heterocycles. The largest absolute Gasteiger partial charge is 0.496 e. The Kier molecular flexibility index (Phi) is 6.35. The van der Waals surface area contributed by atoms with Gasteiger partial charge in [0.05, 0.1) is 18.6 Å². The second-order valence-corrected chi connectivity index (χ2v) is 7.85. The van der Waals surface area contributed by atoms with E-state index in [0.29, 0.717) is 6.54 Å². The summed E-state index contributed by atoms with van der Waals surface area (Å²) in [5, 5.41) is 9.61. The lowest BCUT2D eigenvalue weighted by Gasteiger charge is -2.15. The molecule has 2 aromatic rings. The van der Waals surface area contributed by atoms with Gasteiger partial charge < -0.3 is 14.8 Å². The molecule has 0 aliphatic rings. The molecule has 2 rings (SSSR count). The first-order chi connectivity index (χ1) is 12.2. The van der Waals surface area contributed by atoms with Crippen LogP contribution in [0.5, 0.6) is 5.75 Å². The molecule has 0 saturated heterocycles. The van der Waals surface area contributed by atoms with Crippen LogP contribution in [0.2, 0.25) is 0 Å². The fourth-order valence-corrected chi connectivity index (χ4v) is 3.22. The third-order valence-electron chi connectivity index (χ3n) is 3.39. The van der Waals surface area contributed by atoms with E-state index in [4.69, 9.17) is 14.6 Å². The number of esters is 1. The highest BCUT2D eigenvalue weighted by atomic mass is 32.2. The van der Waals surface area contributed by atoms with Crippen molar-refractivity contribution in [2.24, 2.45) is 5.14 Å². The quantitative estimate of drug-likeness (QED) is 0.677.